The number of aromatic hydroxyl groups is 1. The van der Waals surface area contributed by atoms with Crippen LogP contribution in [0.4, 0.5) is 0 Å². The monoisotopic (exact) mass is 580 g/mol. The van der Waals surface area contributed by atoms with Crippen LogP contribution >= 0.6 is 0 Å². The number of hydrogen-bond donors (Lipinski definition) is 4. The predicted molar refractivity (Wildman–Crippen MR) is 157 cm³/mol. The van der Waals surface area contributed by atoms with Gasteiger partial charge in [-0.1, -0.05) is 44.2 Å². The van der Waals surface area contributed by atoms with Crippen LogP contribution in [0.25, 0.3) is 0 Å². The van der Waals surface area contributed by atoms with Gasteiger partial charge < -0.3 is 34.9 Å². The molecule has 4 rings (SSSR count). The number of phenolic OH excluding ortho intramolecular Hbond substituents is 1. The molecule has 0 saturated carbocycles. The van der Waals surface area contributed by atoms with Crippen LogP contribution in [0.1, 0.15) is 61.4 Å². The van der Waals surface area contributed by atoms with Crippen LogP contribution in [-0.4, -0.2) is 74.9 Å². The molecule has 2 heterocycles. The number of para-hydroxylation sites is 1. The number of rotatable bonds is 11. The van der Waals surface area contributed by atoms with Crippen molar-refractivity contribution in [2.45, 2.75) is 64.5 Å². The summed E-state index contributed by atoms with van der Waals surface area (Å²) in [4.78, 5) is 56.0. The number of aromatic amines is 1. The van der Waals surface area contributed by atoms with Gasteiger partial charge in [0.15, 0.2) is 5.82 Å². The van der Waals surface area contributed by atoms with Gasteiger partial charge in [0.25, 0.3) is 5.91 Å². The van der Waals surface area contributed by atoms with Crippen molar-refractivity contribution in [1.82, 2.24) is 20.2 Å². The Kier molecular flexibility index (Phi) is 14.3. The topological polar surface area (TPSA) is 162 Å². The van der Waals surface area contributed by atoms with E-state index < -0.39 is 36.3 Å². The molecule has 0 spiro atoms. The van der Waals surface area contributed by atoms with Gasteiger partial charge >= 0.3 is 5.97 Å². The minimum absolute atomic E-state index is 0.159. The van der Waals surface area contributed by atoms with E-state index in [0.29, 0.717) is 37.8 Å². The number of nitrogens with one attached hydrogen (secondary N) is 2. The number of likely N-dealkylation sites (tertiary alicyclic amines) is 1. The molecule has 3 aromatic rings. The summed E-state index contributed by atoms with van der Waals surface area (Å²) in [5.74, 6) is -0.829. The van der Waals surface area contributed by atoms with Gasteiger partial charge in [0.1, 0.15) is 23.8 Å². The fourth-order valence-corrected chi connectivity index (χ4v) is 4.32. The summed E-state index contributed by atoms with van der Waals surface area (Å²) in [5, 5.41) is 19.9. The van der Waals surface area contributed by atoms with Crippen molar-refractivity contribution < 1.29 is 34.1 Å². The summed E-state index contributed by atoms with van der Waals surface area (Å²) in [7, 11) is 1.63. The molecule has 0 bridgehead atoms. The van der Waals surface area contributed by atoms with Gasteiger partial charge in [0.05, 0.1) is 19.6 Å². The summed E-state index contributed by atoms with van der Waals surface area (Å²) in [6, 6.07) is 14.7. The summed E-state index contributed by atoms with van der Waals surface area (Å²) in [5.41, 5.74) is 2.02. The first kappa shape index (κ1) is 33.5. The third kappa shape index (κ3) is 10.7. The fraction of sp³-hybridized carbons (Fsp3) is 0.387. The molecule has 226 valence electrons. The van der Waals surface area contributed by atoms with Crippen LogP contribution in [0.2, 0.25) is 0 Å². The summed E-state index contributed by atoms with van der Waals surface area (Å²) in [6.07, 6.45) is 5.03. The number of carboxylic acids is 1. The maximum Gasteiger partial charge on any atom is 0.305 e. The van der Waals surface area contributed by atoms with Crippen molar-refractivity contribution in [2.24, 2.45) is 0 Å². The van der Waals surface area contributed by atoms with Crippen molar-refractivity contribution in [3.8, 4) is 11.5 Å². The normalized spacial score (nSPS) is 14.4. The zero-order valence-electron chi connectivity index (χ0n) is 24.3. The van der Waals surface area contributed by atoms with Gasteiger partial charge in [0.2, 0.25) is 5.91 Å². The number of aryl methyl sites for hydroxylation is 2. The van der Waals surface area contributed by atoms with E-state index >= 15 is 0 Å². The number of carbonyl (C=O) groups excluding carboxylic acids is 3. The smallest absolute Gasteiger partial charge is 0.305 e. The number of carboxylic acid groups (broad SMARTS) is 1. The Morgan fingerprint density at radius 1 is 1.12 bits per heavy atom. The highest BCUT2D eigenvalue weighted by atomic mass is 16.5. The first-order chi connectivity index (χ1) is 20.3. The standard InChI is InChI=1S/C23H28N4O6.C6H6O.C2H6/c1-33-18-9-7-15(8-10-18)4-2-5-16-13-24-21(25-16)23(32)27-11-3-6-19(27)22(31)26-17(14-28)12-20(29)30;7-6-4-2-1-3-5-6;1-2/h7-10,13-14,17,19H,2-6,11-12H2,1H3,(H,24,25)(H,26,31)(H,29,30);1-5,7H;1-2H3. The molecule has 1 aromatic heterocycles. The van der Waals surface area contributed by atoms with E-state index in [-0.39, 0.29) is 5.82 Å². The van der Waals surface area contributed by atoms with Gasteiger partial charge in [-0.15, -0.1) is 0 Å². The molecule has 42 heavy (non-hydrogen) atoms. The number of aldehydes is 1. The number of nitrogens with zero attached hydrogens (tertiary/aromatic N) is 2. The highest BCUT2D eigenvalue weighted by Gasteiger charge is 2.36. The Labute approximate surface area is 245 Å². The number of methoxy groups -OCH3 is 1. The molecule has 11 heteroatoms. The number of H-pyrrole nitrogens is 1. The molecule has 2 amide bonds. The Hall–Kier alpha value is -4.67. The molecule has 1 saturated heterocycles. The number of imidazole rings is 1. The molecule has 0 radical (unpaired) electrons. The zero-order chi connectivity index (χ0) is 30.9. The van der Waals surface area contributed by atoms with Crippen molar-refractivity contribution in [1.29, 1.82) is 0 Å². The molecule has 1 aliphatic heterocycles. The Bertz CT molecular complexity index is 1260. The maximum atomic E-state index is 12.9. The average molecular weight is 581 g/mol. The molecule has 2 unspecified atom stereocenters. The highest BCUT2D eigenvalue weighted by Crippen LogP contribution is 2.20. The van der Waals surface area contributed by atoms with Crippen LogP contribution in [0.3, 0.4) is 0 Å². The predicted octanol–water partition coefficient (Wildman–Crippen LogP) is 3.78. The maximum absolute atomic E-state index is 12.9. The number of amides is 2. The van der Waals surface area contributed by atoms with Crippen LogP contribution in [0.15, 0.2) is 60.8 Å². The largest absolute Gasteiger partial charge is 0.508 e. The minimum atomic E-state index is -1.19. The number of benzene rings is 2. The highest BCUT2D eigenvalue weighted by molar-refractivity contribution is 5.96. The lowest BCUT2D eigenvalue weighted by Gasteiger charge is -2.24. The SMILES string of the molecule is CC.COc1ccc(CCCc2cnc(C(=O)N3CCCC3C(=O)NC(C=O)CC(=O)O)[nH]2)cc1.Oc1ccccc1. The lowest BCUT2D eigenvalue weighted by molar-refractivity contribution is -0.139. The van der Waals surface area contributed by atoms with E-state index in [4.69, 9.17) is 14.9 Å². The van der Waals surface area contributed by atoms with Gasteiger partial charge in [-0.25, -0.2) is 4.98 Å². The first-order valence-corrected chi connectivity index (χ1v) is 14.0. The molecule has 0 aliphatic carbocycles. The van der Waals surface area contributed by atoms with E-state index in [1.165, 1.54) is 10.5 Å². The van der Waals surface area contributed by atoms with E-state index in [1.807, 2.05) is 44.2 Å². The summed E-state index contributed by atoms with van der Waals surface area (Å²) >= 11 is 0. The Morgan fingerprint density at radius 2 is 1.81 bits per heavy atom. The minimum Gasteiger partial charge on any atom is -0.508 e. The first-order valence-electron chi connectivity index (χ1n) is 14.0. The van der Waals surface area contributed by atoms with E-state index in [0.717, 1.165) is 24.3 Å². The quantitative estimate of drug-likeness (QED) is 0.249. The lowest BCUT2D eigenvalue weighted by atomic mass is 10.1. The molecule has 4 N–H and O–H groups in total. The van der Waals surface area contributed by atoms with Crippen molar-refractivity contribution in [3.63, 3.8) is 0 Å². The Balaban J connectivity index is 0.000000590. The van der Waals surface area contributed by atoms with Crippen LogP contribution in [0.5, 0.6) is 11.5 Å². The van der Waals surface area contributed by atoms with Gasteiger partial charge in [-0.3, -0.25) is 14.4 Å². The zero-order valence-corrected chi connectivity index (χ0v) is 24.3. The number of aromatic nitrogens is 2. The lowest BCUT2D eigenvalue weighted by Crippen LogP contribution is -2.49. The fourth-order valence-electron chi connectivity index (χ4n) is 4.32. The third-order valence-electron chi connectivity index (χ3n) is 6.36. The number of phenols is 1. The van der Waals surface area contributed by atoms with E-state index in [2.05, 4.69) is 15.3 Å². The third-order valence-corrected chi connectivity index (χ3v) is 6.36. The van der Waals surface area contributed by atoms with E-state index in [1.54, 1.807) is 37.6 Å². The Morgan fingerprint density at radius 3 is 2.38 bits per heavy atom. The summed E-state index contributed by atoms with van der Waals surface area (Å²) in [6.45, 7) is 4.38. The molecule has 2 aromatic carbocycles. The number of aliphatic carboxylic acids is 1. The molecular weight excluding hydrogens is 540 g/mol. The molecule has 1 fully saturated rings. The molecular formula is C31H40N4O7. The van der Waals surface area contributed by atoms with Crippen LogP contribution in [0, 0.1) is 0 Å². The average Bonchev–Trinajstić information content (AvgIpc) is 3.69. The van der Waals surface area contributed by atoms with Crippen LogP contribution in [-0.2, 0) is 27.2 Å². The van der Waals surface area contributed by atoms with Gasteiger partial charge in [0, 0.05) is 18.4 Å². The second kappa shape index (κ2) is 17.9. The van der Waals surface area contributed by atoms with Crippen molar-refractivity contribution in [2.75, 3.05) is 13.7 Å². The molecule has 11 nitrogen and oxygen atoms in total. The van der Waals surface area contributed by atoms with Crippen molar-refractivity contribution in [3.05, 3.63) is 77.9 Å². The van der Waals surface area contributed by atoms with E-state index in [9.17, 15) is 19.2 Å². The van der Waals surface area contributed by atoms with Crippen LogP contribution < -0.4 is 10.1 Å². The summed E-state index contributed by atoms with van der Waals surface area (Å²) < 4.78 is 5.16. The molecule has 1 aliphatic rings. The van der Waals surface area contributed by atoms with Crippen molar-refractivity contribution >= 4 is 24.1 Å². The second-order valence-electron chi connectivity index (χ2n) is 9.30. The van der Waals surface area contributed by atoms with Gasteiger partial charge in [-0.2, -0.15) is 0 Å². The number of carbonyl (C=O) groups is 4. The number of hydrogen-bond acceptors (Lipinski definition) is 7. The number of ether oxygens (including phenoxy) is 1. The van der Waals surface area contributed by atoms with Gasteiger partial charge in [-0.05, 0) is 61.9 Å². The second-order valence-corrected chi connectivity index (χ2v) is 9.30. The molecule has 2 atom stereocenters.